The predicted molar refractivity (Wildman–Crippen MR) is 114 cm³/mol. The Morgan fingerprint density at radius 3 is 2.55 bits per heavy atom. The van der Waals surface area contributed by atoms with Crippen LogP contribution in [0.15, 0.2) is 45.7 Å². The molecule has 1 aliphatic rings. The zero-order valence-electron chi connectivity index (χ0n) is 17.1. The average molecular weight is 443 g/mol. The number of methoxy groups -OCH3 is 1. The predicted octanol–water partition coefficient (Wildman–Crippen LogP) is 4.11. The van der Waals surface area contributed by atoms with Crippen LogP contribution in [-0.4, -0.2) is 48.2 Å². The molecule has 0 bridgehead atoms. The lowest BCUT2D eigenvalue weighted by molar-refractivity contribution is -0.146. The van der Waals surface area contributed by atoms with Crippen molar-refractivity contribution in [3.8, 4) is 11.3 Å². The van der Waals surface area contributed by atoms with E-state index in [-0.39, 0.29) is 11.5 Å². The molecule has 162 valence electrons. The van der Waals surface area contributed by atoms with Gasteiger partial charge in [0, 0.05) is 11.6 Å². The molecule has 0 spiro atoms. The maximum absolute atomic E-state index is 12.5. The summed E-state index contributed by atoms with van der Waals surface area (Å²) in [6.07, 6.45) is 3.05. The monoisotopic (exact) mass is 443 g/mol. The highest BCUT2D eigenvalue weighted by molar-refractivity contribution is 8.18. The molecule has 9 heteroatoms. The van der Waals surface area contributed by atoms with Crippen molar-refractivity contribution in [2.45, 2.75) is 19.8 Å². The SMILES string of the molecule is CCCCOC(=O)CN1C(=O)S/C(=C/c2ccc(-c3ccc(C(=O)OC)cc3)o2)C1=O. The summed E-state index contributed by atoms with van der Waals surface area (Å²) in [7, 11) is 1.31. The Bertz CT molecular complexity index is 1020. The summed E-state index contributed by atoms with van der Waals surface area (Å²) in [5.74, 6) is -0.711. The van der Waals surface area contributed by atoms with E-state index in [0.29, 0.717) is 17.1 Å². The van der Waals surface area contributed by atoms with Crippen LogP contribution in [-0.2, 0) is 19.1 Å². The molecular formula is C22H21NO7S. The van der Waals surface area contributed by atoms with Gasteiger partial charge >= 0.3 is 11.9 Å². The van der Waals surface area contributed by atoms with Crippen molar-refractivity contribution in [1.82, 2.24) is 4.90 Å². The fraction of sp³-hybridized carbons (Fsp3) is 0.273. The van der Waals surface area contributed by atoms with Gasteiger partial charge in [-0.25, -0.2) is 4.79 Å². The normalized spacial score (nSPS) is 14.9. The highest BCUT2D eigenvalue weighted by atomic mass is 32.2. The van der Waals surface area contributed by atoms with E-state index in [1.807, 2.05) is 6.92 Å². The number of imide groups is 1. The third kappa shape index (κ3) is 5.43. The van der Waals surface area contributed by atoms with Gasteiger partial charge in [0.2, 0.25) is 0 Å². The minimum atomic E-state index is -0.618. The number of esters is 2. The van der Waals surface area contributed by atoms with Crippen molar-refractivity contribution in [2.24, 2.45) is 0 Å². The van der Waals surface area contributed by atoms with E-state index < -0.39 is 29.6 Å². The molecule has 2 amide bonds. The van der Waals surface area contributed by atoms with E-state index >= 15 is 0 Å². The number of amides is 2. The topological polar surface area (TPSA) is 103 Å². The van der Waals surface area contributed by atoms with Crippen LogP contribution < -0.4 is 0 Å². The first-order chi connectivity index (χ1) is 14.9. The van der Waals surface area contributed by atoms with Crippen molar-refractivity contribution in [3.63, 3.8) is 0 Å². The number of furan rings is 1. The van der Waals surface area contributed by atoms with E-state index in [1.54, 1.807) is 36.4 Å². The van der Waals surface area contributed by atoms with Crippen molar-refractivity contribution in [1.29, 1.82) is 0 Å². The molecular weight excluding hydrogens is 422 g/mol. The molecule has 0 unspecified atom stereocenters. The number of rotatable bonds is 8. The van der Waals surface area contributed by atoms with Crippen molar-refractivity contribution in [2.75, 3.05) is 20.3 Å². The molecule has 0 atom stereocenters. The number of hydrogen-bond acceptors (Lipinski definition) is 8. The number of unbranched alkanes of at least 4 members (excludes halogenated alkanes) is 1. The van der Waals surface area contributed by atoms with Gasteiger partial charge in [-0.2, -0.15) is 0 Å². The number of thioether (sulfide) groups is 1. The maximum atomic E-state index is 12.5. The van der Waals surface area contributed by atoms with E-state index in [1.165, 1.54) is 13.2 Å². The molecule has 1 fully saturated rings. The molecule has 1 aromatic heterocycles. The van der Waals surface area contributed by atoms with Crippen LogP contribution in [0.3, 0.4) is 0 Å². The molecule has 0 radical (unpaired) electrons. The fourth-order valence-corrected chi connectivity index (χ4v) is 3.56. The third-order valence-electron chi connectivity index (χ3n) is 4.41. The zero-order valence-corrected chi connectivity index (χ0v) is 17.9. The van der Waals surface area contributed by atoms with Crippen molar-refractivity contribution < 1.29 is 33.1 Å². The molecule has 0 saturated carbocycles. The summed E-state index contributed by atoms with van der Waals surface area (Å²) in [5, 5.41) is -0.533. The Morgan fingerprint density at radius 1 is 1.13 bits per heavy atom. The van der Waals surface area contributed by atoms with Crippen LogP contribution in [0.2, 0.25) is 0 Å². The number of nitrogens with zero attached hydrogens (tertiary/aromatic N) is 1. The van der Waals surface area contributed by atoms with Gasteiger partial charge in [-0.3, -0.25) is 19.3 Å². The first kappa shape index (κ1) is 22.4. The van der Waals surface area contributed by atoms with E-state index in [2.05, 4.69) is 4.74 Å². The van der Waals surface area contributed by atoms with Crippen LogP contribution >= 0.6 is 11.8 Å². The summed E-state index contributed by atoms with van der Waals surface area (Å²) in [6, 6.07) is 10.0. The quantitative estimate of drug-likeness (QED) is 0.341. The smallest absolute Gasteiger partial charge is 0.337 e. The molecule has 1 aromatic carbocycles. The highest BCUT2D eigenvalue weighted by Crippen LogP contribution is 2.33. The van der Waals surface area contributed by atoms with Gasteiger partial charge in [0.15, 0.2) is 0 Å². The second kappa shape index (κ2) is 10.1. The van der Waals surface area contributed by atoms with Gasteiger partial charge < -0.3 is 13.9 Å². The first-order valence-corrected chi connectivity index (χ1v) is 10.4. The Hall–Kier alpha value is -3.33. The standard InChI is InChI=1S/C22H21NO7S/c1-3-4-11-29-19(24)13-23-20(25)18(31-22(23)27)12-16-9-10-17(30-16)14-5-7-15(8-6-14)21(26)28-2/h5-10,12H,3-4,11,13H2,1-2H3/b18-12+. The number of hydrogen-bond donors (Lipinski definition) is 0. The van der Waals surface area contributed by atoms with Crippen LogP contribution in [0.5, 0.6) is 0 Å². The number of carbonyl (C=O) groups is 4. The summed E-state index contributed by atoms with van der Waals surface area (Å²) < 4.78 is 15.4. The maximum Gasteiger partial charge on any atom is 0.337 e. The lowest BCUT2D eigenvalue weighted by atomic mass is 10.1. The summed E-state index contributed by atoms with van der Waals surface area (Å²) in [4.78, 5) is 49.0. The van der Waals surface area contributed by atoms with Crippen LogP contribution in [0.4, 0.5) is 4.79 Å². The van der Waals surface area contributed by atoms with Gasteiger partial charge in [-0.1, -0.05) is 25.5 Å². The summed E-state index contributed by atoms with van der Waals surface area (Å²) in [6.45, 7) is 1.81. The molecule has 0 aliphatic carbocycles. The minimum absolute atomic E-state index is 0.160. The van der Waals surface area contributed by atoms with E-state index in [0.717, 1.165) is 35.1 Å². The Labute approximate surface area is 183 Å². The average Bonchev–Trinajstić information content (AvgIpc) is 3.34. The molecule has 1 saturated heterocycles. The number of benzene rings is 1. The van der Waals surface area contributed by atoms with Gasteiger partial charge in [-0.15, -0.1) is 0 Å². The molecule has 0 N–H and O–H groups in total. The number of ether oxygens (including phenoxy) is 2. The Morgan fingerprint density at radius 2 is 1.87 bits per heavy atom. The molecule has 31 heavy (non-hydrogen) atoms. The van der Waals surface area contributed by atoms with Gasteiger partial charge in [-0.05, 0) is 42.4 Å². The summed E-state index contributed by atoms with van der Waals surface area (Å²) >= 11 is 0.739. The third-order valence-corrected chi connectivity index (χ3v) is 5.32. The Kier molecular flexibility index (Phi) is 7.30. The largest absolute Gasteiger partial charge is 0.465 e. The van der Waals surface area contributed by atoms with Gasteiger partial charge in [0.25, 0.3) is 11.1 Å². The van der Waals surface area contributed by atoms with Crippen LogP contribution in [0.25, 0.3) is 17.4 Å². The van der Waals surface area contributed by atoms with Crippen molar-refractivity contribution >= 4 is 40.9 Å². The second-order valence-corrected chi connectivity index (χ2v) is 7.61. The number of carbonyl (C=O) groups excluding carboxylic acids is 4. The van der Waals surface area contributed by atoms with Crippen LogP contribution in [0, 0.1) is 0 Å². The highest BCUT2D eigenvalue weighted by Gasteiger charge is 2.36. The molecule has 3 rings (SSSR count). The second-order valence-electron chi connectivity index (χ2n) is 6.61. The van der Waals surface area contributed by atoms with Gasteiger partial charge in [0.1, 0.15) is 18.1 Å². The summed E-state index contributed by atoms with van der Waals surface area (Å²) in [5.41, 5.74) is 1.15. The van der Waals surface area contributed by atoms with Crippen LogP contribution in [0.1, 0.15) is 35.9 Å². The molecule has 2 heterocycles. The molecule has 1 aliphatic heterocycles. The van der Waals surface area contributed by atoms with E-state index in [9.17, 15) is 19.2 Å². The molecule has 2 aromatic rings. The van der Waals surface area contributed by atoms with E-state index in [4.69, 9.17) is 9.15 Å². The minimum Gasteiger partial charge on any atom is -0.465 e. The first-order valence-electron chi connectivity index (χ1n) is 9.62. The molecule has 8 nitrogen and oxygen atoms in total. The fourth-order valence-electron chi connectivity index (χ4n) is 2.74. The van der Waals surface area contributed by atoms with Crippen molar-refractivity contribution in [3.05, 3.63) is 52.6 Å². The Balaban J connectivity index is 1.68. The van der Waals surface area contributed by atoms with Gasteiger partial charge in [0.05, 0.1) is 24.2 Å². The lowest BCUT2D eigenvalue weighted by Gasteiger charge is -2.11. The lowest BCUT2D eigenvalue weighted by Crippen LogP contribution is -2.34. The zero-order chi connectivity index (χ0) is 22.4.